The van der Waals surface area contributed by atoms with Crippen molar-refractivity contribution in [2.45, 2.75) is 4.58 Å². The molecule has 1 aromatic heterocycles. The Morgan fingerprint density at radius 1 is 1.20 bits per heavy atom. The number of ether oxygens (including phenoxy) is 2. The fraction of sp³-hybridized carbons (Fsp3) is 0.235. The second kappa shape index (κ2) is 7.56. The highest BCUT2D eigenvalue weighted by Gasteiger charge is 2.22. The van der Waals surface area contributed by atoms with Gasteiger partial charge in [-0.15, -0.1) is 23.5 Å². The molecule has 0 bridgehead atoms. The van der Waals surface area contributed by atoms with Crippen molar-refractivity contribution >= 4 is 72.6 Å². The van der Waals surface area contributed by atoms with Crippen molar-refractivity contribution < 1.29 is 9.47 Å². The molecule has 0 aliphatic carbocycles. The van der Waals surface area contributed by atoms with E-state index in [0.717, 1.165) is 14.7 Å². The minimum atomic E-state index is 0.448. The van der Waals surface area contributed by atoms with Crippen molar-refractivity contribution in [2.75, 3.05) is 18.6 Å². The number of nitrogens with zero attached hydrogens (tertiary/aromatic N) is 1. The number of thiazole rings is 1. The van der Waals surface area contributed by atoms with Crippen molar-refractivity contribution in [3.63, 3.8) is 0 Å². The van der Waals surface area contributed by atoms with Crippen molar-refractivity contribution in [1.82, 2.24) is 4.98 Å². The van der Waals surface area contributed by atoms with Crippen LogP contribution in [0.4, 0.5) is 0 Å². The zero-order valence-corrected chi connectivity index (χ0v) is 17.9. The van der Waals surface area contributed by atoms with E-state index in [2.05, 4.69) is 33.0 Å². The molecule has 0 spiro atoms. The number of fused-ring (bicyclic) bond motifs is 1. The van der Waals surface area contributed by atoms with Gasteiger partial charge in [0.05, 0.1) is 26.4 Å². The van der Waals surface area contributed by atoms with Crippen LogP contribution in [0, 0.1) is 0 Å². The molecule has 1 saturated heterocycles. The van der Waals surface area contributed by atoms with Gasteiger partial charge in [-0.3, -0.25) is 0 Å². The maximum Gasteiger partial charge on any atom is 0.280 e. The van der Waals surface area contributed by atoms with Gasteiger partial charge in [0.25, 0.3) is 5.19 Å². The van der Waals surface area contributed by atoms with E-state index in [1.165, 1.54) is 28.4 Å². The number of hydrogen-bond acceptors (Lipinski definition) is 6. The predicted octanol–water partition coefficient (Wildman–Crippen LogP) is 6.99. The number of hydrogen-bond donors (Lipinski definition) is 0. The highest BCUT2D eigenvalue weighted by molar-refractivity contribution is 9.10. The van der Waals surface area contributed by atoms with Crippen molar-refractivity contribution in [3.05, 3.63) is 45.4 Å². The third-order valence-corrected chi connectivity index (χ3v) is 8.51. The average molecular weight is 475 g/mol. The second-order valence-electron chi connectivity index (χ2n) is 5.30. The number of aromatic nitrogens is 1. The molecule has 1 aliphatic rings. The van der Waals surface area contributed by atoms with Gasteiger partial charge in [-0.1, -0.05) is 22.9 Å². The first-order valence-electron chi connectivity index (χ1n) is 7.48. The number of benzene rings is 2. The zero-order chi connectivity index (χ0) is 17.4. The fourth-order valence-corrected chi connectivity index (χ4v) is 6.86. The molecule has 4 rings (SSSR count). The predicted molar refractivity (Wildman–Crippen MR) is 113 cm³/mol. The molecule has 8 heteroatoms. The summed E-state index contributed by atoms with van der Waals surface area (Å²) in [5, 5.41) is 1.23. The van der Waals surface area contributed by atoms with Crippen LogP contribution in [0.2, 0.25) is 5.02 Å². The molecule has 2 aromatic carbocycles. The summed E-state index contributed by atoms with van der Waals surface area (Å²) in [4.78, 5) is 4.51. The van der Waals surface area contributed by atoms with Gasteiger partial charge in [0.15, 0.2) is 11.5 Å². The minimum Gasteiger partial charge on any atom is -0.493 e. The zero-order valence-electron chi connectivity index (χ0n) is 13.1. The van der Waals surface area contributed by atoms with Gasteiger partial charge in [0.1, 0.15) is 0 Å². The molecule has 0 N–H and O–H groups in total. The van der Waals surface area contributed by atoms with Gasteiger partial charge in [0.2, 0.25) is 0 Å². The fourth-order valence-electron chi connectivity index (χ4n) is 2.54. The number of halogens is 2. The van der Waals surface area contributed by atoms with Crippen LogP contribution in [0.1, 0.15) is 10.1 Å². The van der Waals surface area contributed by atoms with Crippen LogP contribution in [0.15, 0.2) is 34.8 Å². The van der Waals surface area contributed by atoms with Crippen LogP contribution in [0.3, 0.4) is 0 Å². The standard InChI is InChI=1S/C17H13BrClNO2S3/c1-21-13-7-9(16-23-4-5-24-16)6-11(18)15(13)22-17-20-12-8-10(19)2-3-14(12)25-17/h2-3,6-8,16H,4-5H2,1H3. The lowest BCUT2D eigenvalue weighted by atomic mass is 10.2. The summed E-state index contributed by atoms with van der Waals surface area (Å²) >= 11 is 15.1. The van der Waals surface area contributed by atoms with Crippen molar-refractivity contribution in [2.24, 2.45) is 0 Å². The topological polar surface area (TPSA) is 31.4 Å². The van der Waals surface area contributed by atoms with Gasteiger partial charge >= 0.3 is 0 Å². The Hall–Kier alpha value is -0.600. The Morgan fingerprint density at radius 2 is 2.00 bits per heavy atom. The molecule has 0 atom stereocenters. The minimum absolute atomic E-state index is 0.448. The van der Waals surface area contributed by atoms with Crippen LogP contribution in [0.5, 0.6) is 16.7 Å². The van der Waals surface area contributed by atoms with E-state index in [4.69, 9.17) is 21.1 Å². The summed E-state index contributed by atoms with van der Waals surface area (Å²) in [7, 11) is 1.66. The molecule has 1 aliphatic heterocycles. The second-order valence-corrected chi connectivity index (χ2v) is 10.3. The first-order valence-corrected chi connectivity index (χ1v) is 11.6. The molecule has 130 valence electrons. The third kappa shape index (κ3) is 3.76. The molecular formula is C17H13BrClNO2S3. The maximum absolute atomic E-state index is 6.05. The Bertz CT molecular complexity index is 928. The van der Waals surface area contributed by atoms with E-state index < -0.39 is 0 Å². The van der Waals surface area contributed by atoms with Gasteiger partial charge in [-0.2, -0.15) is 0 Å². The lowest BCUT2D eigenvalue weighted by molar-refractivity contribution is 0.376. The van der Waals surface area contributed by atoms with Crippen LogP contribution < -0.4 is 9.47 Å². The van der Waals surface area contributed by atoms with Gasteiger partial charge in [0, 0.05) is 16.5 Å². The highest BCUT2D eigenvalue weighted by atomic mass is 79.9. The van der Waals surface area contributed by atoms with Gasteiger partial charge in [-0.25, -0.2) is 4.98 Å². The quantitative estimate of drug-likeness (QED) is 0.406. The SMILES string of the molecule is COc1cc(C2SCCS2)cc(Br)c1Oc1nc2cc(Cl)ccc2s1. The summed E-state index contributed by atoms with van der Waals surface area (Å²) in [6.07, 6.45) is 0. The largest absolute Gasteiger partial charge is 0.493 e. The number of thioether (sulfide) groups is 2. The summed E-state index contributed by atoms with van der Waals surface area (Å²) in [6, 6.07) is 9.81. The van der Waals surface area contributed by atoms with E-state index in [-0.39, 0.29) is 0 Å². The summed E-state index contributed by atoms with van der Waals surface area (Å²) < 4.78 is 14.0. The number of methoxy groups -OCH3 is 1. The van der Waals surface area contributed by atoms with E-state index in [1.54, 1.807) is 7.11 Å². The Morgan fingerprint density at radius 3 is 2.76 bits per heavy atom. The molecule has 3 nitrogen and oxygen atoms in total. The molecule has 2 heterocycles. The Labute approximate surface area is 171 Å². The van der Waals surface area contributed by atoms with Crippen molar-refractivity contribution in [1.29, 1.82) is 0 Å². The van der Waals surface area contributed by atoms with Crippen LogP contribution >= 0.6 is 62.4 Å². The van der Waals surface area contributed by atoms with Crippen molar-refractivity contribution in [3.8, 4) is 16.7 Å². The molecule has 0 radical (unpaired) electrons. The van der Waals surface area contributed by atoms with Gasteiger partial charge < -0.3 is 9.47 Å². The van der Waals surface area contributed by atoms with Gasteiger partial charge in [-0.05, 0) is 51.8 Å². The smallest absolute Gasteiger partial charge is 0.280 e. The molecular weight excluding hydrogens is 462 g/mol. The van der Waals surface area contributed by atoms with E-state index >= 15 is 0 Å². The van der Waals surface area contributed by atoms with Crippen LogP contribution in [-0.2, 0) is 0 Å². The van der Waals surface area contributed by atoms with Crippen LogP contribution in [-0.4, -0.2) is 23.6 Å². The molecule has 0 unspecified atom stereocenters. The molecule has 1 fully saturated rings. The first-order chi connectivity index (χ1) is 12.1. The Balaban J connectivity index is 1.68. The first kappa shape index (κ1) is 17.8. The van der Waals surface area contributed by atoms with Crippen LogP contribution in [0.25, 0.3) is 10.2 Å². The lowest BCUT2D eigenvalue weighted by Gasteiger charge is -2.15. The number of rotatable bonds is 4. The van der Waals surface area contributed by atoms with E-state index in [0.29, 0.717) is 26.3 Å². The normalized spacial score (nSPS) is 15.0. The summed E-state index contributed by atoms with van der Waals surface area (Å²) in [5.74, 6) is 3.71. The van der Waals surface area contributed by atoms with E-state index in [1.807, 2.05) is 41.7 Å². The third-order valence-electron chi connectivity index (χ3n) is 3.67. The Kier molecular flexibility index (Phi) is 5.38. The lowest BCUT2D eigenvalue weighted by Crippen LogP contribution is -1.95. The summed E-state index contributed by atoms with van der Waals surface area (Å²) in [5.41, 5.74) is 2.07. The summed E-state index contributed by atoms with van der Waals surface area (Å²) in [6.45, 7) is 0. The monoisotopic (exact) mass is 473 g/mol. The maximum atomic E-state index is 6.05. The molecule has 0 amide bonds. The average Bonchev–Trinajstić information content (AvgIpc) is 3.25. The highest BCUT2D eigenvalue weighted by Crippen LogP contribution is 2.49. The van der Waals surface area contributed by atoms with E-state index in [9.17, 15) is 0 Å². The molecule has 3 aromatic rings. The molecule has 25 heavy (non-hydrogen) atoms. The molecule has 0 saturated carbocycles.